The lowest BCUT2D eigenvalue weighted by atomic mass is 10.2. The second kappa shape index (κ2) is 5.90. The highest BCUT2D eigenvalue weighted by Gasteiger charge is 2.32. The molecule has 1 aliphatic carbocycles. The van der Waals surface area contributed by atoms with Crippen molar-refractivity contribution in [1.82, 2.24) is 4.90 Å². The van der Waals surface area contributed by atoms with E-state index in [1.165, 1.54) is 6.07 Å². The highest BCUT2D eigenvalue weighted by Crippen LogP contribution is 2.27. The van der Waals surface area contributed by atoms with Crippen LogP contribution in [0.4, 0.5) is 14.9 Å². The maximum Gasteiger partial charge on any atom is 0.338 e. The maximum atomic E-state index is 13.3. The monoisotopic (exact) mass is 280 g/mol. The van der Waals surface area contributed by atoms with Crippen LogP contribution in [0.1, 0.15) is 36.5 Å². The fourth-order valence-corrected chi connectivity index (χ4v) is 2.04. The molecule has 0 heterocycles. The zero-order chi connectivity index (χ0) is 14.7. The van der Waals surface area contributed by atoms with Gasteiger partial charge in [-0.2, -0.15) is 0 Å². The Kier molecular flexibility index (Phi) is 4.22. The van der Waals surface area contributed by atoms with Crippen LogP contribution in [-0.4, -0.2) is 34.6 Å². The predicted octanol–water partition coefficient (Wildman–Crippen LogP) is 2.93. The van der Waals surface area contributed by atoms with Crippen LogP contribution in [0.5, 0.6) is 0 Å². The number of aromatic carboxylic acids is 1. The zero-order valence-electron chi connectivity index (χ0n) is 11.2. The van der Waals surface area contributed by atoms with Gasteiger partial charge in [0.2, 0.25) is 0 Å². The summed E-state index contributed by atoms with van der Waals surface area (Å²) in [5, 5.41) is 11.5. The molecule has 0 spiro atoms. The van der Waals surface area contributed by atoms with E-state index in [0.29, 0.717) is 6.54 Å². The largest absolute Gasteiger partial charge is 0.478 e. The molecule has 1 aliphatic rings. The first-order valence-corrected chi connectivity index (χ1v) is 6.63. The number of carbonyl (C=O) groups excluding carboxylic acids is 1. The summed E-state index contributed by atoms with van der Waals surface area (Å²) in [5.74, 6) is -2.17. The maximum absolute atomic E-state index is 13.3. The molecule has 0 radical (unpaired) electrons. The molecule has 1 aromatic rings. The highest BCUT2D eigenvalue weighted by molar-refractivity contribution is 5.93. The van der Waals surface area contributed by atoms with Gasteiger partial charge in [-0.05, 0) is 37.5 Å². The summed E-state index contributed by atoms with van der Waals surface area (Å²) in [5.41, 5.74) is -0.160. The molecule has 2 rings (SSSR count). The number of nitrogens with one attached hydrogen (secondary N) is 1. The Labute approximate surface area is 116 Å². The Hall–Kier alpha value is -2.11. The van der Waals surface area contributed by atoms with Crippen LogP contribution in [-0.2, 0) is 0 Å². The quantitative estimate of drug-likeness (QED) is 0.871. The van der Waals surface area contributed by atoms with Gasteiger partial charge >= 0.3 is 12.0 Å². The first-order valence-electron chi connectivity index (χ1n) is 6.63. The summed E-state index contributed by atoms with van der Waals surface area (Å²) >= 11 is 0. The minimum atomic E-state index is -1.36. The molecule has 108 valence electrons. The van der Waals surface area contributed by atoms with Crippen molar-refractivity contribution in [3.05, 3.63) is 29.6 Å². The van der Waals surface area contributed by atoms with E-state index in [4.69, 9.17) is 5.11 Å². The first kappa shape index (κ1) is 14.3. The van der Waals surface area contributed by atoms with Crippen molar-refractivity contribution in [3.63, 3.8) is 0 Å². The van der Waals surface area contributed by atoms with E-state index in [1.807, 2.05) is 6.92 Å². The second-order valence-corrected chi connectivity index (χ2v) is 4.85. The van der Waals surface area contributed by atoms with Crippen molar-refractivity contribution < 1.29 is 19.1 Å². The summed E-state index contributed by atoms with van der Waals surface area (Å²) in [6.07, 6.45) is 2.85. The minimum absolute atomic E-state index is 0.266. The number of hydrogen-bond donors (Lipinski definition) is 2. The van der Waals surface area contributed by atoms with E-state index in [1.54, 1.807) is 4.90 Å². The van der Waals surface area contributed by atoms with E-state index in [0.717, 1.165) is 31.4 Å². The van der Waals surface area contributed by atoms with Crippen molar-refractivity contribution in [1.29, 1.82) is 0 Å². The summed E-state index contributed by atoms with van der Waals surface area (Å²) in [6, 6.07) is 3.54. The van der Waals surface area contributed by atoms with E-state index < -0.39 is 17.3 Å². The smallest absolute Gasteiger partial charge is 0.338 e. The third-order valence-electron chi connectivity index (χ3n) is 3.16. The second-order valence-electron chi connectivity index (χ2n) is 4.85. The molecule has 0 aliphatic heterocycles. The third kappa shape index (κ3) is 3.26. The fraction of sp³-hybridized carbons (Fsp3) is 0.429. The number of urea groups is 1. The highest BCUT2D eigenvalue weighted by atomic mass is 19.1. The topological polar surface area (TPSA) is 69.6 Å². The van der Waals surface area contributed by atoms with Gasteiger partial charge in [-0.3, -0.25) is 0 Å². The Balaban J connectivity index is 2.10. The Morgan fingerprint density at radius 3 is 2.70 bits per heavy atom. The minimum Gasteiger partial charge on any atom is -0.478 e. The van der Waals surface area contributed by atoms with E-state index in [-0.39, 0.29) is 17.8 Å². The Morgan fingerprint density at radius 2 is 2.15 bits per heavy atom. The van der Waals surface area contributed by atoms with Gasteiger partial charge in [0.15, 0.2) is 0 Å². The summed E-state index contributed by atoms with van der Waals surface area (Å²) < 4.78 is 13.3. The van der Waals surface area contributed by atoms with Gasteiger partial charge in [-0.1, -0.05) is 6.92 Å². The molecule has 0 unspecified atom stereocenters. The third-order valence-corrected chi connectivity index (χ3v) is 3.16. The Morgan fingerprint density at radius 1 is 1.45 bits per heavy atom. The molecule has 2 amide bonds. The standard InChI is InChI=1S/C14H17FN2O3/c1-2-7-17(10-4-5-10)14(20)16-9-3-6-12(15)11(8-9)13(18)19/h3,6,8,10H,2,4-5,7H2,1H3,(H,16,20)(H,18,19). The molecule has 6 heteroatoms. The number of hydrogen-bond acceptors (Lipinski definition) is 2. The van der Waals surface area contributed by atoms with Crippen LogP contribution in [0.3, 0.4) is 0 Å². The number of carboxylic acid groups (broad SMARTS) is 1. The van der Waals surface area contributed by atoms with Gasteiger partial charge in [-0.25, -0.2) is 14.0 Å². The SMILES string of the molecule is CCCN(C(=O)Nc1ccc(F)c(C(=O)O)c1)C1CC1. The Bertz CT molecular complexity index is 529. The van der Waals surface area contributed by atoms with Crippen LogP contribution >= 0.6 is 0 Å². The number of carbonyl (C=O) groups is 2. The number of halogens is 1. The molecule has 20 heavy (non-hydrogen) atoms. The lowest BCUT2D eigenvalue weighted by Gasteiger charge is -2.22. The lowest BCUT2D eigenvalue weighted by molar-refractivity contribution is 0.0692. The summed E-state index contributed by atoms with van der Waals surface area (Å²) in [7, 11) is 0. The predicted molar refractivity (Wildman–Crippen MR) is 72.4 cm³/mol. The van der Waals surface area contributed by atoms with Crippen molar-refractivity contribution >= 4 is 17.7 Å². The number of carboxylic acids is 1. The average molecular weight is 280 g/mol. The molecular weight excluding hydrogens is 263 g/mol. The first-order chi connectivity index (χ1) is 9.52. The number of anilines is 1. The van der Waals surface area contributed by atoms with Gasteiger partial charge in [0, 0.05) is 18.3 Å². The van der Waals surface area contributed by atoms with Gasteiger partial charge < -0.3 is 15.3 Å². The molecule has 5 nitrogen and oxygen atoms in total. The van der Waals surface area contributed by atoms with Gasteiger partial charge in [0.25, 0.3) is 0 Å². The van der Waals surface area contributed by atoms with E-state index in [9.17, 15) is 14.0 Å². The summed E-state index contributed by atoms with van der Waals surface area (Å²) in [4.78, 5) is 24.7. The van der Waals surface area contributed by atoms with Crippen LogP contribution in [0, 0.1) is 5.82 Å². The fourth-order valence-electron chi connectivity index (χ4n) is 2.04. The molecular formula is C14H17FN2O3. The molecule has 0 atom stereocenters. The van der Waals surface area contributed by atoms with Gasteiger partial charge in [-0.15, -0.1) is 0 Å². The number of benzene rings is 1. The normalized spacial score (nSPS) is 13.9. The van der Waals surface area contributed by atoms with Crippen LogP contribution in [0.25, 0.3) is 0 Å². The van der Waals surface area contributed by atoms with Gasteiger partial charge in [0.05, 0.1) is 5.56 Å². The molecule has 0 saturated heterocycles. The molecule has 1 saturated carbocycles. The lowest BCUT2D eigenvalue weighted by Crippen LogP contribution is -2.37. The van der Waals surface area contributed by atoms with Crippen molar-refractivity contribution in [2.75, 3.05) is 11.9 Å². The van der Waals surface area contributed by atoms with Crippen LogP contribution in [0.2, 0.25) is 0 Å². The van der Waals surface area contributed by atoms with Crippen LogP contribution < -0.4 is 5.32 Å². The molecule has 2 N–H and O–H groups in total. The van der Waals surface area contributed by atoms with E-state index in [2.05, 4.69) is 5.32 Å². The number of amides is 2. The number of nitrogens with zero attached hydrogens (tertiary/aromatic N) is 1. The average Bonchev–Trinajstić information content (AvgIpc) is 3.22. The molecule has 0 bridgehead atoms. The van der Waals surface area contributed by atoms with Crippen molar-refractivity contribution in [3.8, 4) is 0 Å². The molecule has 0 aromatic heterocycles. The molecule has 1 fully saturated rings. The molecule has 1 aromatic carbocycles. The van der Waals surface area contributed by atoms with Crippen molar-refractivity contribution in [2.45, 2.75) is 32.2 Å². The zero-order valence-corrected chi connectivity index (χ0v) is 11.2. The van der Waals surface area contributed by atoms with Gasteiger partial charge in [0.1, 0.15) is 5.82 Å². The number of rotatable bonds is 5. The van der Waals surface area contributed by atoms with Crippen molar-refractivity contribution in [2.24, 2.45) is 0 Å². The van der Waals surface area contributed by atoms with Crippen LogP contribution in [0.15, 0.2) is 18.2 Å². The van der Waals surface area contributed by atoms with E-state index >= 15 is 0 Å². The summed E-state index contributed by atoms with van der Waals surface area (Å²) in [6.45, 7) is 2.65.